The first-order chi connectivity index (χ1) is 22.2. The summed E-state index contributed by atoms with van der Waals surface area (Å²) in [6.45, 7) is 13.4. The molecule has 0 bridgehead atoms. The highest BCUT2D eigenvalue weighted by Crippen LogP contribution is 2.45. The molecular weight excluding hydrogens is 671 g/mol. The van der Waals surface area contributed by atoms with Crippen LogP contribution in [0.5, 0.6) is 0 Å². The van der Waals surface area contributed by atoms with E-state index < -0.39 is 39.2 Å². The second-order valence-electron chi connectivity index (χ2n) is 12.0. The number of aryl methyl sites for hydroxylation is 1. The van der Waals surface area contributed by atoms with Crippen LogP contribution in [0.3, 0.4) is 0 Å². The van der Waals surface area contributed by atoms with Crippen molar-refractivity contribution in [3.8, 4) is 11.8 Å². The molecule has 0 spiro atoms. The molecule has 1 unspecified atom stereocenters. The van der Waals surface area contributed by atoms with Crippen molar-refractivity contribution in [1.29, 1.82) is 5.26 Å². The Hall–Kier alpha value is -3.82. The summed E-state index contributed by atoms with van der Waals surface area (Å²) < 4.78 is 31.6. The molecule has 1 amide bonds. The molecule has 0 saturated carbocycles. The van der Waals surface area contributed by atoms with Gasteiger partial charge in [0, 0.05) is 36.8 Å². The number of nitrogens with zero attached hydrogens (tertiary/aromatic N) is 6. The van der Waals surface area contributed by atoms with Gasteiger partial charge >= 0.3 is 0 Å². The molecule has 5 rings (SSSR count). The summed E-state index contributed by atoms with van der Waals surface area (Å²) in [5.74, 6) is -1.52. The topological polar surface area (TPSA) is 121 Å². The molecule has 3 aromatic rings. The monoisotopic (exact) mass is 701 g/mol. The van der Waals surface area contributed by atoms with Crippen LogP contribution in [0.15, 0.2) is 51.7 Å². The van der Waals surface area contributed by atoms with Gasteiger partial charge in [0.25, 0.3) is 5.56 Å². The van der Waals surface area contributed by atoms with Gasteiger partial charge < -0.3 is 15.5 Å². The van der Waals surface area contributed by atoms with Gasteiger partial charge in [-0.1, -0.05) is 55.2 Å². The van der Waals surface area contributed by atoms with Gasteiger partial charge in [0.15, 0.2) is 6.17 Å². The molecule has 4 atom stereocenters. The van der Waals surface area contributed by atoms with Crippen LogP contribution in [0.2, 0.25) is 5.02 Å². The van der Waals surface area contributed by atoms with Gasteiger partial charge in [0.05, 0.1) is 49.5 Å². The van der Waals surface area contributed by atoms with Crippen LogP contribution in [-0.4, -0.2) is 62.7 Å². The van der Waals surface area contributed by atoms with Gasteiger partial charge in [0.1, 0.15) is 23.1 Å². The van der Waals surface area contributed by atoms with Crippen molar-refractivity contribution in [3.63, 3.8) is 0 Å². The minimum atomic E-state index is -2.09. The number of halogens is 5. The standard InChI is InChI=1S/C33H32Cl3F2N7O2/c1-7-21(46)44-16(5)12-43(13-17(44)6)31-18-10-20(34)29(22-23(35)24(36)26(38)27(40)25(22)37)42-32(18)45(33(47)19(31)11-39)30-15(4)8-9-41-28(30)14(2)3/h7-10,14,16-17,26-27H,1,12-13,40H2,2-6H3/t16-,17+,26?,27-/m0/s1. The molecule has 0 aromatic carbocycles. The van der Waals surface area contributed by atoms with Crippen LogP contribution in [0, 0.1) is 18.3 Å². The third kappa shape index (κ3) is 5.61. The second-order valence-corrected chi connectivity index (χ2v) is 13.2. The number of aromatic nitrogens is 3. The number of fused-ring (bicyclic) bond motifs is 1. The Kier molecular flexibility index (Phi) is 9.55. The minimum absolute atomic E-state index is 0.0168. The van der Waals surface area contributed by atoms with Gasteiger partial charge in [-0.05, 0) is 50.5 Å². The van der Waals surface area contributed by atoms with E-state index in [2.05, 4.69) is 17.6 Å². The highest BCUT2D eigenvalue weighted by Gasteiger charge is 2.39. The van der Waals surface area contributed by atoms with Crippen molar-refractivity contribution in [2.75, 3.05) is 18.0 Å². The summed E-state index contributed by atoms with van der Waals surface area (Å²) in [5, 5.41) is 9.74. The Morgan fingerprint density at radius 1 is 1.21 bits per heavy atom. The van der Waals surface area contributed by atoms with Crippen molar-refractivity contribution in [2.24, 2.45) is 5.73 Å². The Labute approximate surface area is 285 Å². The Bertz CT molecular complexity index is 1990. The fraction of sp³-hybridized carbons (Fsp3) is 0.364. The molecule has 2 aliphatic rings. The number of piperazine rings is 1. The molecule has 9 nitrogen and oxygen atoms in total. The molecule has 246 valence electrons. The summed E-state index contributed by atoms with van der Waals surface area (Å²) in [7, 11) is 0. The molecule has 14 heteroatoms. The molecule has 1 saturated heterocycles. The number of hydrogen-bond acceptors (Lipinski definition) is 7. The van der Waals surface area contributed by atoms with E-state index >= 15 is 4.39 Å². The Balaban J connectivity index is 1.92. The number of allylic oxidation sites excluding steroid dienone is 2. The van der Waals surface area contributed by atoms with E-state index in [-0.39, 0.29) is 64.6 Å². The first-order valence-corrected chi connectivity index (χ1v) is 16.0. The van der Waals surface area contributed by atoms with Gasteiger partial charge in [-0.2, -0.15) is 5.26 Å². The van der Waals surface area contributed by atoms with Crippen molar-refractivity contribution in [1.82, 2.24) is 19.4 Å². The number of amides is 1. The van der Waals surface area contributed by atoms with E-state index in [4.69, 9.17) is 45.5 Å². The van der Waals surface area contributed by atoms with Crippen LogP contribution in [0.1, 0.15) is 56.1 Å². The fourth-order valence-corrected chi connectivity index (χ4v) is 7.19. The molecule has 1 aliphatic heterocycles. The summed E-state index contributed by atoms with van der Waals surface area (Å²) in [6, 6.07) is 2.87. The average molecular weight is 703 g/mol. The van der Waals surface area contributed by atoms with E-state index in [9.17, 15) is 19.2 Å². The summed E-state index contributed by atoms with van der Waals surface area (Å²) in [6.07, 6.45) is 0.778. The predicted molar refractivity (Wildman–Crippen MR) is 181 cm³/mol. The summed E-state index contributed by atoms with van der Waals surface area (Å²) in [5.41, 5.74) is 6.18. The first-order valence-electron chi connectivity index (χ1n) is 14.9. The maximum Gasteiger partial charge on any atom is 0.276 e. The maximum atomic E-state index is 15.7. The highest BCUT2D eigenvalue weighted by molar-refractivity contribution is 6.45. The molecule has 2 N–H and O–H groups in total. The van der Waals surface area contributed by atoms with Crippen molar-refractivity contribution >= 4 is 63.0 Å². The number of pyridine rings is 3. The number of hydrogen-bond donors (Lipinski definition) is 1. The van der Waals surface area contributed by atoms with Crippen molar-refractivity contribution < 1.29 is 13.6 Å². The lowest BCUT2D eigenvalue weighted by Gasteiger charge is -2.45. The molecule has 47 heavy (non-hydrogen) atoms. The van der Waals surface area contributed by atoms with Crippen LogP contribution in [-0.2, 0) is 4.79 Å². The van der Waals surface area contributed by atoms with Crippen LogP contribution < -0.4 is 16.2 Å². The van der Waals surface area contributed by atoms with Gasteiger partial charge in [-0.15, -0.1) is 0 Å². The molecule has 0 radical (unpaired) electrons. The molecule has 4 heterocycles. The Morgan fingerprint density at radius 3 is 2.43 bits per heavy atom. The zero-order valence-corrected chi connectivity index (χ0v) is 28.6. The average Bonchev–Trinajstić information content (AvgIpc) is 3.02. The number of rotatable bonds is 5. The number of anilines is 1. The SMILES string of the molecule is C=CC(=O)N1[C@H](C)CN(c2c(C#N)c(=O)n(-c3c(C)ccnc3C(C)C)c3nc(C4=C(F)[C@H](N)C(F)C(Cl)=C4Cl)c(Cl)cc23)C[C@@H]1C. The lowest BCUT2D eigenvalue weighted by atomic mass is 9.96. The first kappa shape index (κ1) is 34.5. The number of nitrogens with two attached hydrogens (primary N) is 1. The van der Waals surface area contributed by atoms with E-state index in [0.29, 0.717) is 22.3 Å². The summed E-state index contributed by atoms with van der Waals surface area (Å²) in [4.78, 5) is 40.0. The smallest absolute Gasteiger partial charge is 0.276 e. The van der Waals surface area contributed by atoms with Gasteiger partial charge in [0.2, 0.25) is 5.91 Å². The second kappa shape index (κ2) is 13.0. The van der Waals surface area contributed by atoms with Crippen molar-refractivity contribution in [2.45, 2.75) is 64.8 Å². The highest BCUT2D eigenvalue weighted by atomic mass is 35.5. The van der Waals surface area contributed by atoms with Crippen LogP contribution in [0.4, 0.5) is 14.5 Å². The van der Waals surface area contributed by atoms with E-state index in [1.54, 1.807) is 24.1 Å². The maximum absolute atomic E-state index is 15.7. The van der Waals surface area contributed by atoms with Crippen molar-refractivity contribution in [3.05, 3.63) is 84.8 Å². The number of alkyl halides is 1. The number of carbonyl (C=O) groups excluding carboxylic acids is 1. The van der Waals surface area contributed by atoms with Gasteiger partial charge in [-0.3, -0.25) is 19.1 Å². The molecule has 3 aromatic heterocycles. The van der Waals surface area contributed by atoms with Crippen LogP contribution >= 0.6 is 34.8 Å². The number of carbonyl (C=O) groups is 1. The lowest BCUT2D eigenvalue weighted by Crippen LogP contribution is -2.58. The normalized spacial score (nSPS) is 21.9. The molecule has 1 fully saturated rings. The van der Waals surface area contributed by atoms with Crippen LogP contribution in [0.25, 0.3) is 22.3 Å². The molecular formula is C33H32Cl3F2N7O2. The number of nitriles is 1. The lowest BCUT2D eigenvalue weighted by molar-refractivity contribution is -0.130. The zero-order chi connectivity index (χ0) is 34.6. The zero-order valence-electron chi connectivity index (χ0n) is 26.3. The quantitative estimate of drug-likeness (QED) is 0.306. The van der Waals surface area contributed by atoms with Gasteiger partial charge in [-0.25, -0.2) is 13.8 Å². The van der Waals surface area contributed by atoms with E-state index in [1.165, 1.54) is 16.7 Å². The fourth-order valence-electron chi connectivity index (χ4n) is 6.43. The third-order valence-corrected chi connectivity index (χ3v) is 9.71. The third-order valence-electron chi connectivity index (χ3n) is 8.53. The largest absolute Gasteiger partial charge is 0.366 e. The van der Waals surface area contributed by atoms with E-state index in [0.717, 1.165) is 0 Å². The van der Waals surface area contributed by atoms with E-state index in [1.807, 2.05) is 32.6 Å². The predicted octanol–water partition coefficient (Wildman–Crippen LogP) is 6.40. The summed E-state index contributed by atoms with van der Waals surface area (Å²) >= 11 is 19.3. The molecule has 1 aliphatic carbocycles. The minimum Gasteiger partial charge on any atom is -0.366 e. The Morgan fingerprint density at radius 2 is 1.85 bits per heavy atom.